The lowest BCUT2D eigenvalue weighted by Gasteiger charge is -2.34. The Morgan fingerprint density at radius 3 is 2.44 bits per heavy atom. The SMILES string of the molecule is CCCCCCCC=CC(=O)N1CCN(CCc2ccccc2)CC1. The van der Waals surface area contributed by atoms with Crippen LogP contribution in [0.2, 0.25) is 0 Å². The van der Waals surface area contributed by atoms with Crippen molar-refractivity contribution < 1.29 is 4.79 Å². The second-order valence-corrected chi connectivity index (χ2v) is 7.01. The molecule has 3 heteroatoms. The quantitative estimate of drug-likeness (QED) is 0.468. The lowest BCUT2D eigenvalue weighted by molar-refractivity contribution is -0.127. The van der Waals surface area contributed by atoms with Crippen molar-refractivity contribution >= 4 is 5.91 Å². The van der Waals surface area contributed by atoms with Crippen molar-refractivity contribution in [1.82, 2.24) is 9.80 Å². The van der Waals surface area contributed by atoms with Gasteiger partial charge in [-0.05, 0) is 30.9 Å². The molecule has 0 N–H and O–H groups in total. The van der Waals surface area contributed by atoms with Crippen molar-refractivity contribution in [2.24, 2.45) is 0 Å². The summed E-state index contributed by atoms with van der Waals surface area (Å²) in [6.07, 6.45) is 12.4. The molecule has 1 aliphatic heterocycles. The molecule has 1 fully saturated rings. The fourth-order valence-electron chi connectivity index (χ4n) is 3.28. The molecule has 1 heterocycles. The van der Waals surface area contributed by atoms with E-state index in [0.717, 1.165) is 45.6 Å². The number of carbonyl (C=O) groups is 1. The van der Waals surface area contributed by atoms with Gasteiger partial charge in [0, 0.05) is 32.7 Å². The Morgan fingerprint density at radius 1 is 1.00 bits per heavy atom. The van der Waals surface area contributed by atoms with Crippen LogP contribution in [0.5, 0.6) is 0 Å². The van der Waals surface area contributed by atoms with Crippen molar-refractivity contribution in [3.05, 3.63) is 48.0 Å². The summed E-state index contributed by atoms with van der Waals surface area (Å²) in [5.41, 5.74) is 1.39. The van der Waals surface area contributed by atoms with E-state index in [4.69, 9.17) is 0 Å². The monoisotopic (exact) mass is 342 g/mol. The highest BCUT2D eigenvalue weighted by atomic mass is 16.2. The molecule has 0 aromatic heterocycles. The Bertz CT molecular complexity index is 504. The molecule has 1 aliphatic rings. The third-order valence-corrected chi connectivity index (χ3v) is 4.98. The molecule has 0 aliphatic carbocycles. The largest absolute Gasteiger partial charge is 0.337 e. The first-order chi connectivity index (χ1) is 12.3. The Morgan fingerprint density at radius 2 is 1.72 bits per heavy atom. The van der Waals surface area contributed by atoms with E-state index in [-0.39, 0.29) is 5.91 Å². The van der Waals surface area contributed by atoms with Gasteiger partial charge in [0.1, 0.15) is 0 Å². The van der Waals surface area contributed by atoms with Crippen molar-refractivity contribution in [1.29, 1.82) is 0 Å². The van der Waals surface area contributed by atoms with E-state index in [9.17, 15) is 4.79 Å². The minimum atomic E-state index is 0.191. The number of rotatable bonds is 10. The van der Waals surface area contributed by atoms with E-state index in [2.05, 4.69) is 48.2 Å². The normalized spacial score (nSPS) is 15.8. The highest BCUT2D eigenvalue weighted by Crippen LogP contribution is 2.08. The maximum Gasteiger partial charge on any atom is 0.246 e. The molecule has 25 heavy (non-hydrogen) atoms. The van der Waals surface area contributed by atoms with Crippen LogP contribution in [-0.2, 0) is 11.2 Å². The molecule has 1 aromatic carbocycles. The number of unbranched alkanes of at least 4 members (excludes halogenated alkanes) is 5. The molecule has 0 atom stereocenters. The van der Waals surface area contributed by atoms with Crippen LogP contribution in [0.1, 0.15) is 51.0 Å². The zero-order valence-electron chi connectivity index (χ0n) is 15.8. The topological polar surface area (TPSA) is 23.6 Å². The van der Waals surface area contributed by atoms with E-state index in [1.807, 2.05) is 4.90 Å². The molecule has 2 rings (SSSR count). The second-order valence-electron chi connectivity index (χ2n) is 7.01. The first-order valence-electron chi connectivity index (χ1n) is 10.0. The number of nitrogens with zero attached hydrogens (tertiary/aromatic N) is 2. The van der Waals surface area contributed by atoms with Gasteiger partial charge in [0.25, 0.3) is 0 Å². The van der Waals surface area contributed by atoms with E-state index in [1.54, 1.807) is 6.08 Å². The number of piperazine rings is 1. The molecule has 3 nitrogen and oxygen atoms in total. The number of amides is 1. The number of allylic oxidation sites excluding steroid dienone is 1. The summed E-state index contributed by atoms with van der Waals surface area (Å²) in [5, 5.41) is 0. The molecule has 0 spiro atoms. The number of benzene rings is 1. The van der Waals surface area contributed by atoms with Crippen LogP contribution in [-0.4, -0.2) is 48.4 Å². The molecule has 0 bridgehead atoms. The van der Waals surface area contributed by atoms with Gasteiger partial charge < -0.3 is 4.90 Å². The molecule has 1 saturated heterocycles. The average Bonchev–Trinajstić information content (AvgIpc) is 2.67. The molecule has 1 aromatic rings. The molecule has 1 amide bonds. The summed E-state index contributed by atoms with van der Waals surface area (Å²) in [7, 11) is 0. The summed E-state index contributed by atoms with van der Waals surface area (Å²) in [6, 6.07) is 10.6. The molecule has 0 saturated carbocycles. The molecular formula is C22H34N2O. The van der Waals surface area contributed by atoms with Gasteiger partial charge in [0.15, 0.2) is 0 Å². The third-order valence-electron chi connectivity index (χ3n) is 4.98. The van der Waals surface area contributed by atoms with Gasteiger partial charge in [0.05, 0.1) is 0 Å². The third kappa shape index (κ3) is 7.87. The number of hydrogen-bond donors (Lipinski definition) is 0. The van der Waals surface area contributed by atoms with Crippen LogP contribution >= 0.6 is 0 Å². The van der Waals surface area contributed by atoms with E-state index < -0.39 is 0 Å². The smallest absolute Gasteiger partial charge is 0.246 e. The van der Waals surface area contributed by atoms with Crippen molar-refractivity contribution in [3.8, 4) is 0 Å². The Kier molecular flexibility index (Phi) is 9.35. The minimum Gasteiger partial charge on any atom is -0.337 e. The first-order valence-corrected chi connectivity index (χ1v) is 10.0. The molecule has 138 valence electrons. The van der Waals surface area contributed by atoms with E-state index in [1.165, 1.54) is 37.7 Å². The minimum absolute atomic E-state index is 0.191. The molecule has 0 radical (unpaired) electrons. The van der Waals surface area contributed by atoms with Crippen molar-refractivity contribution in [3.63, 3.8) is 0 Å². The van der Waals surface area contributed by atoms with Crippen LogP contribution in [0.25, 0.3) is 0 Å². The maximum atomic E-state index is 12.2. The Labute approximate surface area is 153 Å². The second kappa shape index (κ2) is 11.9. The van der Waals surface area contributed by atoms with Crippen molar-refractivity contribution in [2.45, 2.75) is 51.9 Å². The predicted octanol–water partition coefficient (Wildman–Crippen LogP) is 4.29. The zero-order valence-corrected chi connectivity index (χ0v) is 15.8. The molecular weight excluding hydrogens is 308 g/mol. The number of hydrogen-bond acceptors (Lipinski definition) is 2. The highest BCUT2D eigenvalue weighted by Gasteiger charge is 2.19. The van der Waals surface area contributed by atoms with Gasteiger partial charge in [-0.15, -0.1) is 0 Å². The van der Waals surface area contributed by atoms with Gasteiger partial charge in [-0.2, -0.15) is 0 Å². The maximum absolute atomic E-state index is 12.2. The summed E-state index contributed by atoms with van der Waals surface area (Å²) < 4.78 is 0. The van der Waals surface area contributed by atoms with Crippen LogP contribution in [0.3, 0.4) is 0 Å². The lowest BCUT2D eigenvalue weighted by Crippen LogP contribution is -2.48. The first kappa shape index (κ1) is 19.7. The molecule has 0 unspecified atom stereocenters. The van der Waals surface area contributed by atoms with Crippen LogP contribution < -0.4 is 0 Å². The zero-order chi connectivity index (χ0) is 17.7. The van der Waals surface area contributed by atoms with Gasteiger partial charge in [-0.3, -0.25) is 9.69 Å². The van der Waals surface area contributed by atoms with E-state index >= 15 is 0 Å². The summed E-state index contributed by atoms with van der Waals surface area (Å²) in [4.78, 5) is 16.7. The number of carbonyl (C=O) groups excluding carboxylic acids is 1. The van der Waals surface area contributed by atoms with Crippen LogP contribution in [0, 0.1) is 0 Å². The highest BCUT2D eigenvalue weighted by molar-refractivity contribution is 5.87. The fraction of sp³-hybridized carbons (Fsp3) is 0.591. The van der Waals surface area contributed by atoms with Crippen molar-refractivity contribution in [2.75, 3.05) is 32.7 Å². The standard InChI is InChI=1S/C22H34N2O/c1-2-3-4-5-6-7-11-14-22(25)24-19-17-23(18-20-24)16-15-21-12-9-8-10-13-21/h8-14H,2-7,15-20H2,1H3. The van der Waals surface area contributed by atoms with E-state index in [0.29, 0.717) is 0 Å². The average molecular weight is 343 g/mol. The lowest BCUT2D eigenvalue weighted by atomic mass is 10.1. The van der Waals surface area contributed by atoms with Gasteiger partial charge in [0.2, 0.25) is 5.91 Å². The Balaban J connectivity index is 1.58. The van der Waals surface area contributed by atoms with Crippen LogP contribution in [0.4, 0.5) is 0 Å². The fourth-order valence-corrected chi connectivity index (χ4v) is 3.28. The van der Waals surface area contributed by atoms with Gasteiger partial charge >= 0.3 is 0 Å². The van der Waals surface area contributed by atoms with Crippen LogP contribution in [0.15, 0.2) is 42.5 Å². The van der Waals surface area contributed by atoms with Gasteiger partial charge in [-0.1, -0.05) is 69.0 Å². The Hall–Kier alpha value is -1.61. The summed E-state index contributed by atoms with van der Waals surface area (Å²) in [5.74, 6) is 0.191. The van der Waals surface area contributed by atoms with Gasteiger partial charge in [-0.25, -0.2) is 0 Å². The predicted molar refractivity (Wildman–Crippen MR) is 106 cm³/mol. The summed E-state index contributed by atoms with van der Waals surface area (Å²) >= 11 is 0. The summed E-state index contributed by atoms with van der Waals surface area (Å²) in [6.45, 7) is 7.01.